The summed E-state index contributed by atoms with van der Waals surface area (Å²) < 4.78 is 39.8. The summed E-state index contributed by atoms with van der Waals surface area (Å²) >= 11 is 1.60. The van der Waals surface area contributed by atoms with Crippen molar-refractivity contribution >= 4 is 48.3 Å². The van der Waals surface area contributed by atoms with E-state index in [1.54, 1.807) is 68.9 Å². The van der Waals surface area contributed by atoms with Crippen LogP contribution in [-0.4, -0.2) is 84.2 Å². The molecule has 1 amide bonds. The van der Waals surface area contributed by atoms with E-state index in [1.807, 2.05) is 18.2 Å². The number of ether oxygens (including phenoxy) is 2. The van der Waals surface area contributed by atoms with Gasteiger partial charge in [-0.25, -0.2) is 13.4 Å². The zero-order chi connectivity index (χ0) is 29.7. The number of piperazine rings is 1. The van der Waals surface area contributed by atoms with Crippen LogP contribution in [0.1, 0.15) is 17.3 Å². The van der Waals surface area contributed by atoms with Crippen molar-refractivity contribution in [2.75, 3.05) is 69.2 Å². The third kappa shape index (κ3) is 6.15. The van der Waals surface area contributed by atoms with Gasteiger partial charge in [0.2, 0.25) is 0 Å². The van der Waals surface area contributed by atoms with E-state index in [0.717, 1.165) is 59.6 Å². The fourth-order valence-electron chi connectivity index (χ4n) is 4.99. The van der Waals surface area contributed by atoms with E-state index in [4.69, 9.17) is 14.5 Å². The Morgan fingerprint density at radius 1 is 0.952 bits per heavy atom. The number of fused-ring (bicyclic) bond motifs is 1. The van der Waals surface area contributed by atoms with E-state index in [-0.39, 0.29) is 10.8 Å². The van der Waals surface area contributed by atoms with Gasteiger partial charge in [-0.05, 0) is 55.5 Å². The number of benzene rings is 3. The fraction of sp³-hybridized carbons (Fsp3) is 0.333. The zero-order valence-corrected chi connectivity index (χ0v) is 25.6. The van der Waals surface area contributed by atoms with E-state index in [9.17, 15) is 13.2 Å². The van der Waals surface area contributed by atoms with Gasteiger partial charge in [0, 0.05) is 51.4 Å². The normalized spacial score (nSPS) is 14.1. The lowest BCUT2D eigenvalue weighted by Crippen LogP contribution is -2.48. The fourth-order valence-corrected chi connectivity index (χ4v) is 7.59. The van der Waals surface area contributed by atoms with Crippen molar-refractivity contribution in [3.63, 3.8) is 0 Å². The number of hydrogen-bond donors (Lipinski definition) is 1. The standard InChI is InChI=1S/C30H35N5O5S2/c1-4-35(23-8-6-5-7-9-23)42(37,38)24-12-10-22(11-13-24)29(36)31-16-17-33-18-20-34(21-19-33)30-32-27-25(39-2)14-15-26(40-3)28(27)41-30/h5-15H,4,16-21H2,1-3H3,(H,31,36). The predicted molar refractivity (Wildman–Crippen MR) is 167 cm³/mol. The summed E-state index contributed by atoms with van der Waals surface area (Å²) in [7, 11) is -0.442. The second kappa shape index (κ2) is 13.0. The third-order valence-corrected chi connectivity index (χ3v) is 10.3. The average Bonchev–Trinajstić information content (AvgIpc) is 3.47. The summed E-state index contributed by atoms with van der Waals surface area (Å²) in [5, 5.41) is 3.90. The number of nitrogens with one attached hydrogen (secondary N) is 1. The molecule has 12 heteroatoms. The molecular formula is C30H35N5O5S2. The minimum absolute atomic E-state index is 0.146. The highest BCUT2D eigenvalue weighted by molar-refractivity contribution is 7.92. The number of rotatable bonds is 11. The first kappa shape index (κ1) is 29.6. The monoisotopic (exact) mass is 609 g/mol. The van der Waals surface area contributed by atoms with E-state index in [1.165, 1.54) is 16.4 Å². The Labute approximate surface area is 250 Å². The number of hydrogen-bond acceptors (Lipinski definition) is 9. The van der Waals surface area contributed by atoms with Crippen LogP contribution >= 0.6 is 11.3 Å². The molecule has 0 aliphatic carbocycles. The summed E-state index contributed by atoms with van der Waals surface area (Å²) in [4.78, 5) is 22.3. The predicted octanol–water partition coefficient (Wildman–Crippen LogP) is 4.08. The molecule has 1 aliphatic heterocycles. The smallest absolute Gasteiger partial charge is 0.264 e. The van der Waals surface area contributed by atoms with Gasteiger partial charge in [0.1, 0.15) is 21.7 Å². The molecule has 0 bridgehead atoms. The van der Waals surface area contributed by atoms with Crippen LogP contribution in [0.4, 0.5) is 10.8 Å². The Bertz CT molecular complexity index is 1580. The van der Waals surface area contributed by atoms with Crippen LogP contribution < -0.4 is 24.0 Å². The number of anilines is 2. The second-order valence-electron chi connectivity index (χ2n) is 9.76. The Morgan fingerprint density at radius 3 is 2.26 bits per heavy atom. The summed E-state index contributed by atoms with van der Waals surface area (Å²) in [5.41, 5.74) is 1.83. The van der Waals surface area contributed by atoms with Gasteiger partial charge in [-0.2, -0.15) is 0 Å². The lowest BCUT2D eigenvalue weighted by atomic mass is 10.2. The van der Waals surface area contributed by atoms with Crippen LogP contribution in [0.15, 0.2) is 71.6 Å². The second-order valence-corrected chi connectivity index (χ2v) is 12.6. The Hall–Kier alpha value is -3.87. The molecule has 222 valence electrons. The van der Waals surface area contributed by atoms with Crippen LogP contribution in [0, 0.1) is 0 Å². The molecule has 0 spiro atoms. The SMILES string of the molecule is CCN(c1ccccc1)S(=O)(=O)c1ccc(C(=O)NCCN2CCN(c3nc4c(OC)ccc(OC)c4s3)CC2)cc1. The van der Waals surface area contributed by atoms with Crippen molar-refractivity contribution in [1.29, 1.82) is 0 Å². The maximum Gasteiger partial charge on any atom is 0.264 e. The van der Waals surface area contributed by atoms with Crippen LogP contribution in [-0.2, 0) is 10.0 Å². The van der Waals surface area contributed by atoms with Gasteiger partial charge >= 0.3 is 0 Å². The molecule has 0 saturated carbocycles. The summed E-state index contributed by atoms with van der Waals surface area (Å²) in [6.07, 6.45) is 0. The first-order valence-corrected chi connectivity index (χ1v) is 16.1. The highest BCUT2D eigenvalue weighted by atomic mass is 32.2. The summed E-state index contributed by atoms with van der Waals surface area (Å²) in [6, 6.07) is 18.8. The van der Waals surface area contributed by atoms with E-state index >= 15 is 0 Å². The number of para-hydroxylation sites is 1. The van der Waals surface area contributed by atoms with Crippen LogP contribution in [0.25, 0.3) is 10.2 Å². The molecule has 0 unspecified atom stereocenters. The zero-order valence-electron chi connectivity index (χ0n) is 23.9. The molecular weight excluding hydrogens is 574 g/mol. The van der Waals surface area contributed by atoms with Crippen molar-refractivity contribution in [1.82, 2.24) is 15.2 Å². The number of amides is 1. The summed E-state index contributed by atoms with van der Waals surface area (Å²) in [6.45, 7) is 6.65. The van der Waals surface area contributed by atoms with Gasteiger partial charge in [-0.1, -0.05) is 29.5 Å². The van der Waals surface area contributed by atoms with Crippen molar-refractivity contribution in [3.8, 4) is 11.5 Å². The molecule has 3 aromatic carbocycles. The molecule has 4 aromatic rings. The average molecular weight is 610 g/mol. The molecule has 0 radical (unpaired) electrons. The van der Waals surface area contributed by atoms with Crippen molar-refractivity contribution in [3.05, 3.63) is 72.3 Å². The van der Waals surface area contributed by atoms with Gasteiger partial charge in [0.15, 0.2) is 5.13 Å². The van der Waals surface area contributed by atoms with Crippen molar-refractivity contribution in [2.45, 2.75) is 11.8 Å². The number of aromatic nitrogens is 1. The molecule has 1 aliphatic rings. The molecule has 10 nitrogen and oxygen atoms in total. The first-order valence-electron chi connectivity index (χ1n) is 13.8. The number of carbonyl (C=O) groups excluding carboxylic acids is 1. The van der Waals surface area contributed by atoms with Gasteiger partial charge in [-0.15, -0.1) is 0 Å². The van der Waals surface area contributed by atoms with Gasteiger partial charge in [-0.3, -0.25) is 14.0 Å². The highest BCUT2D eigenvalue weighted by Crippen LogP contribution is 2.40. The molecule has 42 heavy (non-hydrogen) atoms. The Balaban J connectivity index is 1.12. The van der Waals surface area contributed by atoms with E-state index < -0.39 is 10.0 Å². The van der Waals surface area contributed by atoms with Gasteiger partial charge in [0.05, 0.1) is 24.8 Å². The van der Waals surface area contributed by atoms with Gasteiger partial charge < -0.3 is 19.7 Å². The molecule has 2 heterocycles. The van der Waals surface area contributed by atoms with E-state index in [2.05, 4.69) is 15.1 Å². The number of sulfonamides is 1. The topological polar surface area (TPSA) is 104 Å². The minimum atomic E-state index is -3.74. The number of methoxy groups -OCH3 is 2. The van der Waals surface area contributed by atoms with E-state index in [0.29, 0.717) is 24.3 Å². The number of nitrogens with zero attached hydrogens (tertiary/aromatic N) is 4. The maximum absolute atomic E-state index is 13.2. The lowest BCUT2D eigenvalue weighted by Gasteiger charge is -2.34. The van der Waals surface area contributed by atoms with Crippen LogP contribution in [0.2, 0.25) is 0 Å². The van der Waals surface area contributed by atoms with Crippen molar-refractivity contribution in [2.24, 2.45) is 0 Å². The minimum Gasteiger partial charge on any atom is -0.495 e. The molecule has 1 saturated heterocycles. The molecule has 1 aromatic heterocycles. The molecule has 5 rings (SSSR count). The van der Waals surface area contributed by atoms with Crippen molar-refractivity contribution < 1.29 is 22.7 Å². The highest BCUT2D eigenvalue weighted by Gasteiger charge is 2.24. The molecule has 1 fully saturated rings. The Morgan fingerprint density at radius 2 is 1.62 bits per heavy atom. The summed E-state index contributed by atoms with van der Waals surface area (Å²) in [5.74, 6) is 1.29. The van der Waals surface area contributed by atoms with Gasteiger partial charge in [0.25, 0.3) is 15.9 Å². The lowest BCUT2D eigenvalue weighted by molar-refractivity contribution is 0.0947. The number of carbonyl (C=O) groups is 1. The van der Waals surface area contributed by atoms with Crippen LogP contribution in [0.5, 0.6) is 11.5 Å². The first-order chi connectivity index (χ1) is 20.3. The number of thiazole rings is 1. The Kier molecular flexibility index (Phi) is 9.15. The molecule has 1 N–H and O–H groups in total. The molecule has 0 atom stereocenters. The quantitative estimate of drug-likeness (QED) is 0.271. The largest absolute Gasteiger partial charge is 0.495 e. The third-order valence-electron chi connectivity index (χ3n) is 7.29. The van der Waals surface area contributed by atoms with Crippen LogP contribution in [0.3, 0.4) is 0 Å². The maximum atomic E-state index is 13.2.